The van der Waals surface area contributed by atoms with Crippen LogP contribution in [0.15, 0.2) is 57.5 Å². The van der Waals surface area contributed by atoms with E-state index >= 15 is 0 Å². The summed E-state index contributed by atoms with van der Waals surface area (Å²) in [6, 6.07) is 10.5. The van der Waals surface area contributed by atoms with Gasteiger partial charge in [-0.3, -0.25) is 9.36 Å². The van der Waals surface area contributed by atoms with E-state index in [-0.39, 0.29) is 12.2 Å². The highest BCUT2D eigenvalue weighted by molar-refractivity contribution is 7.07. The fraction of sp³-hybridized carbons (Fsp3) is 0.321. The van der Waals surface area contributed by atoms with E-state index in [1.807, 2.05) is 50.2 Å². The van der Waals surface area contributed by atoms with Crippen molar-refractivity contribution in [1.82, 2.24) is 4.57 Å². The van der Waals surface area contributed by atoms with Gasteiger partial charge >= 0.3 is 5.97 Å². The quantitative estimate of drug-likeness (QED) is 0.421. The van der Waals surface area contributed by atoms with Gasteiger partial charge in [0.05, 0.1) is 49.3 Å². The SMILES string of the molecule is CCOC(=O)C1=C(C)N=c2s/c(=C\c3ccc(OCC)c(OC)c3)c(=O)n2C1c1ccc(C)c(OC)c1. The minimum atomic E-state index is -0.707. The summed E-state index contributed by atoms with van der Waals surface area (Å²) in [4.78, 5) is 32.0. The number of carbonyl (C=O) groups is 1. The molecule has 1 atom stereocenters. The van der Waals surface area contributed by atoms with Crippen LogP contribution in [0.3, 0.4) is 0 Å². The third-order valence-electron chi connectivity index (χ3n) is 6.05. The van der Waals surface area contributed by atoms with Gasteiger partial charge in [-0.15, -0.1) is 0 Å². The van der Waals surface area contributed by atoms with E-state index in [1.165, 1.54) is 11.3 Å². The molecule has 3 aromatic rings. The van der Waals surface area contributed by atoms with Crippen molar-refractivity contribution < 1.29 is 23.7 Å². The number of thiazole rings is 1. The summed E-state index contributed by atoms with van der Waals surface area (Å²) in [6.45, 7) is 8.08. The molecule has 9 heteroatoms. The number of carbonyl (C=O) groups excluding carboxylic acids is 1. The Hall–Kier alpha value is -3.85. The number of fused-ring (bicyclic) bond motifs is 1. The molecule has 0 saturated carbocycles. The van der Waals surface area contributed by atoms with Crippen molar-refractivity contribution >= 4 is 23.4 Å². The van der Waals surface area contributed by atoms with Crippen LogP contribution < -0.4 is 29.1 Å². The molecule has 0 amide bonds. The molecule has 194 valence electrons. The Morgan fingerprint density at radius 2 is 1.78 bits per heavy atom. The van der Waals surface area contributed by atoms with Gasteiger partial charge in [-0.2, -0.15) is 0 Å². The number of methoxy groups -OCH3 is 2. The third-order valence-corrected chi connectivity index (χ3v) is 7.03. The molecule has 1 aliphatic heterocycles. The summed E-state index contributed by atoms with van der Waals surface area (Å²) in [5.41, 5.74) is 3.04. The Bertz CT molecular complexity index is 1550. The monoisotopic (exact) mass is 522 g/mol. The number of aromatic nitrogens is 1. The second kappa shape index (κ2) is 11.0. The van der Waals surface area contributed by atoms with E-state index < -0.39 is 12.0 Å². The van der Waals surface area contributed by atoms with E-state index in [2.05, 4.69) is 4.99 Å². The second-order valence-electron chi connectivity index (χ2n) is 8.37. The Kier molecular flexibility index (Phi) is 7.83. The lowest BCUT2D eigenvalue weighted by Crippen LogP contribution is -2.40. The maximum atomic E-state index is 13.8. The topological polar surface area (TPSA) is 88.4 Å². The van der Waals surface area contributed by atoms with Gasteiger partial charge < -0.3 is 18.9 Å². The lowest BCUT2D eigenvalue weighted by atomic mass is 9.95. The van der Waals surface area contributed by atoms with Crippen LogP contribution in [-0.4, -0.2) is 38.0 Å². The molecule has 0 fully saturated rings. The number of rotatable bonds is 8. The average Bonchev–Trinajstić information content (AvgIpc) is 3.18. The minimum Gasteiger partial charge on any atom is -0.496 e. The number of hydrogen-bond acceptors (Lipinski definition) is 8. The number of nitrogens with zero attached hydrogens (tertiary/aromatic N) is 2. The van der Waals surface area contributed by atoms with Crippen LogP contribution in [0.1, 0.15) is 43.5 Å². The molecule has 0 radical (unpaired) electrons. The molecule has 2 heterocycles. The zero-order valence-electron chi connectivity index (χ0n) is 21.8. The average molecular weight is 523 g/mol. The number of benzene rings is 2. The van der Waals surface area contributed by atoms with Crippen molar-refractivity contribution in [3.63, 3.8) is 0 Å². The van der Waals surface area contributed by atoms with Gasteiger partial charge in [0.2, 0.25) is 0 Å². The zero-order valence-corrected chi connectivity index (χ0v) is 22.6. The molecule has 0 saturated heterocycles. The van der Waals surface area contributed by atoms with E-state index in [4.69, 9.17) is 18.9 Å². The number of aryl methyl sites for hydroxylation is 1. The van der Waals surface area contributed by atoms with E-state index in [9.17, 15) is 9.59 Å². The number of esters is 1. The first-order valence-corrected chi connectivity index (χ1v) is 12.8. The van der Waals surface area contributed by atoms with Crippen LogP contribution >= 0.6 is 11.3 Å². The fourth-order valence-corrected chi connectivity index (χ4v) is 5.36. The number of ether oxygens (including phenoxy) is 4. The highest BCUT2D eigenvalue weighted by Crippen LogP contribution is 2.33. The first-order chi connectivity index (χ1) is 17.8. The molecule has 1 unspecified atom stereocenters. The van der Waals surface area contributed by atoms with Gasteiger partial charge in [0, 0.05) is 0 Å². The summed E-state index contributed by atoms with van der Waals surface area (Å²) in [5.74, 6) is 1.37. The van der Waals surface area contributed by atoms with Crippen molar-refractivity contribution in [2.24, 2.45) is 4.99 Å². The normalized spacial score (nSPS) is 15.2. The van der Waals surface area contributed by atoms with Crippen molar-refractivity contribution in [3.8, 4) is 17.2 Å². The Labute approximate surface area is 219 Å². The van der Waals surface area contributed by atoms with Crippen LogP contribution in [0, 0.1) is 6.92 Å². The van der Waals surface area contributed by atoms with Crippen molar-refractivity contribution in [3.05, 3.63) is 84.0 Å². The summed E-state index contributed by atoms with van der Waals surface area (Å²) in [6.07, 6.45) is 1.79. The van der Waals surface area contributed by atoms with E-state index in [0.29, 0.717) is 44.5 Å². The fourth-order valence-electron chi connectivity index (χ4n) is 4.31. The standard InChI is InChI=1S/C28H30N2O6S/c1-7-35-20-12-10-18(13-22(20)34-6)14-23-26(31)30-25(19-11-9-16(3)21(15-19)33-5)24(27(32)36-8-2)17(4)29-28(30)37-23/h9-15,25H,7-8H2,1-6H3/b23-14-. The summed E-state index contributed by atoms with van der Waals surface area (Å²) >= 11 is 1.27. The van der Waals surface area contributed by atoms with Gasteiger partial charge in [0.1, 0.15) is 5.75 Å². The summed E-state index contributed by atoms with van der Waals surface area (Å²) < 4.78 is 24.0. The molecule has 2 aromatic carbocycles. The van der Waals surface area contributed by atoms with E-state index in [1.54, 1.807) is 38.7 Å². The Balaban J connectivity index is 1.92. The maximum absolute atomic E-state index is 13.8. The van der Waals surface area contributed by atoms with Gasteiger partial charge in [0.25, 0.3) is 5.56 Å². The van der Waals surface area contributed by atoms with Gasteiger partial charge in [-0.25, -0.2) is 9.79 Å². The third kappa shape index (κ3) is 5.04. The highest BCUT2D eigenvalue weighted by atomic mass is 32.1. The van der Waals surface area contributed by atoms with Crippen molar-refractivity contribution in [1.29, 1.82) is 0 Å². The molecule has 4 rings (SSSR count). The first-order valence-electron chi connectivity index (χ1n) is 12.0. The predicted octanol–water partition coefficient (Wildman–Crippen LogP) is 3.52. The van der Waals surface area contributed by atoms with Gasteiger partial charge in [-0.1, -0.05) is 29.5 Å². The molecule has 0 N–H and O–H groups in total. The second-order valence-corrected chi connectivity index (χ2v) is 9.38. The molecular weight excluding hydrogens is 492 g/mol. The number of hydrogen-bond donors (Lipinski definition) is 0. The number of allylic oxidation sites excluding steroid dienone is 1. The van der Waals surface area contributed by atoms with Gasteiger partial charge in [0.15, 0.2) is 16.3 Å². The lowest BCUT2D eigenvalue weighted by molar-refractivity contribution is -0.139. The van der Waals surface area contributed by atoms with Gasteiger partial charge in [-0.05, 0) is 68.7 Å². The van der Waals surface area contributed by atoms with Crippen molar-refractivity contribution in [2.75, 3.05) is 27.4 Å². The van der Waals surface area contributed by atoms with E-state index in [0.717, 1.165) is 16.7 Å². The predicted molar refractivity (Wildman–Crippen MR) is 142 cm³/mol. The molecule has 1 aromatic heterocycles. The summed E-state index contributed by atoms with van der Waals surface area (Å²) in [5, 5.41) is 0. The highest BCUT2D eigenvalue weighted by Gasteiger charge is 2.33. The Morgan fingerprint density at radius 1 is 1.03 bits per heavy atom. The minimum absolute atomic E-state index is 0.212. The smallest absolute Gasteiger partial charge is 0.338 e. The van der Waals surface area contributed by atoms with Crippen LogP contribution in [0.2, 0.25) is 0 Å². The molecule has 8 nitrogen and oxygen atoms in total. The van der Waals surface area contributed by atoms with Crippen molar-refractivity contribution in [2.45, 2.75) is 33.7 Å². The molecule has 0 aliphatic carbocycles. The van der Waals surface area contributed by atoms with Crippen LogP contribution in [0.4, 0.5) is 0 Å². The zero-order chi connectivity index (χ0) is 26.7. The molecule has 37 heavy (non-hydrogen) atoms. The summed E-state index contributed by atoms with van der Waals surface area (Å²) in [7, 11) is 3.17. The van der Waals surface area contributed by atoms with Crippen LogP contribution in [0.25, 0.3) is 6.08 Å². The molecule has 0 spiro atoms. The molecule has 1 aliphatic rings. The Morgan fingerprint density at radius 3 is 2.46 bits per heavy atom. The van der Waals surface area contributed by atoms with Crippen LogP contribution in [0.5, 0.6) is 17.2 Å². The molecular formula is C28H30N2O6S. The lowest BCUT2D eigenvalue weighted by Gasteiger charge is -2.25. The van der Waals surface area contributed by atoms with Crippen LogP contribution in [-0.2, 0) is 9.53 Å². The maximum Gasteiger partial charge on any atom is 0.338 e. The molecule has 0 bridgehead atoms. The first kappa shape index (κ1) is 26.2. The largest absolute Gasteiger partial charge is 0.496 e.